The highest BCUT2D eigenvalue weighted by Gasteiger charge is 2.48. The SMILES string of the molecule is C#Cc1cc(N2C(=O)NCC23CCCC3)nc2nc(Nc3ccc(S(=O)(=O)N(C)CCN(C)C)cc3)ncc12. The summed E-state index contributed by atoms with van der Waals surface area (Å²) in [5.74, 6) is 3.43. The summed E-state index contributed by atoms with van der Waals surface area (Å²) in [5, 5.41) is 6.68. The largest absolute Gasteiger partial charge is 0.335 e. The number of urea groups is 1. The number of hydrogen-bond acceptors (Lipinski definition) is 8. The molecule has 3 heterocycles. The fourth-order valence-electron chi connectivity index (χ4n) is 5.16. The van der Waals surface area contributed by atoms with Crippen LogP contribution in [0, 0.1) is 12.3 Å². The molecule has 1 spiro atoms. The number of carbonyl (C=O) groups is 1. The predicted molar refractivity (Wildman–Crippen MR) is 150 cm³/mol. The molecule has 3 aromatic rings. The molecule has 1 saturated heterocycles. The Balaban J connectivity index is 1.41. The number of sulfonamides is 1. The zero-order valence-corrected chi connectivity index (χ0v) is 23.1. The van der Waals surface area contributed by atoms with E-state index in [0.29, 0.717) is 47.7 Å². The summed E-state index contributed by atoms with van der Waals surface area (Å²) in [6.45, 7) is 1.59. The van der Waals surface area contributed by atoms with Crippen molar-refractivity contribution in [3.05, 3.63) is 42.1 Å². The van der Waals surface area contributed by atoms with Gasteiger partial charge in [0.05, 0.1) is 15.8 Å². The molecule has 5 rings (SSSR count). The number of nitrogens with one attached hydrogen (secondary N) is 2. The lowest BCUT2D eigenvalue weighted by Crippen LogP contribution is -2.45. The molecular formula is C27H32N8O3S. The molecule has 0 atom stereocenters. The van der Waals surface area contributed by atoms with Crippen LogP contribution in [-0.2, 0) is 10.0 Å². The van der Waals surface area contributed by atoms with Crippen molar-refractivity contribution in [3.63, 3.8) is 0 Å². The number of likely N-dealkylation sites (N-methyl/N-ethyl adjacent to an activating group) is 2. The summed E-state index contributed by atoms with van der Waals surface area (Å²) < 4.78 is 27.1. The van der Waals surface area contributed by atoms with E-state index in [0.717, 1.165) is 25.7 Å². The molecule has 2 aliphatic rings. The Morgan fingerprint density at radius 1 is 1.13 bits per heavy atom. The molecule has 2 aromatic heterocycles. The Hall–Kier alpha value is -3.79. The van der Waals surface area contributed by atoms with Crippen LogP contribution in [0.25, 0.3) is 11.0 Å². The summed E-state index contributed by atoms with van der Waals surface area (Å²) in [6, 6.07) is 7.99. The predicted octanol–water partition coefficient (Wildman–Crippen LogP) is 2.77. The monoisotopic (exact) mass is 548 g/mol. The molecule has 0 bridgehead atoms. The van der Waals surface area contributed by atoms with E-state index < -0.39 is 10.0 Å². The fraction of sp³-hybridized carbons (Fsp3) is 0.407. The molecule has 0 unspecified atom stereocenters. The standard InChI is InChI=1S/C27H32N8O3S/c1-5-19-16-23(35-26(36)29-18-27(35)12-6-7-13-27)31-24-22(19)17-28-25(32-24)30-20-8-10-21(11-9-20)39(37,38)34(4)15-14-33(2)3/h1,8-11,16-17H,6-7,12-15,18H2,2-4H3,(H,29,36)(H,28,30,31,32). The second-order valence-electron chi connectivity index (χ2n) is 10.3. The van der Waals surface area contributed by atoms with Gasteiger partial charge < -0.3 is 15.5 Å². The number of hydrogen-bond donors (Lipinski definition) is 2. The Morgan fingerprint density at radius 3 is 2.51 bits per heavy atom. The van der Waals surface area contributed by atoms with E-state index in [1.165, 1.54) is 4.31 Å². The van der Waals surface area contributed by atoms with Crippen molar-refractivity contribution in [1.82, 2.24) is 29.5 Å². The van der Waals surface area contributed by atoms with Gasteiger partial charge in [0.15, 0.2) is 5.65 Å². The number of fused-ring (bicyclic) bond motifs is 1. The van der Waals surface area contributed by atoms with E-state index in [2.05, 4.69) is 26.5 Å². The van der Waals surface area contributed by atoms with Gasteiger partial charge in [0.25, 0.3) is 0 Å². The highest BCUT2D eigenvalue weighted by atomic mass is 32.2. The van der Waals surface area contributed by atoms with Crippen LogP contribution in [0.1, 0.15) is 31.2 Å². The van der Waals surface area contributed by atoms with Crippen molar-refractivity contribution in [2.24, 2.45) is 0 Å². The molecule has 11 nitrogen and oxygen atoms in total. The minimum Gasteiger partial charge on any atom is -0.335 e. The van der Waals surface area contributed by atoms with E-state index >= 15 is 0 Å². The molecule has 2 N–H and O–H groups in total. The molecule has 1 aliphatic heterocycles. The maximum Gasteiger partial charge on any atom is 0.323 e. The van der Waals surface area contributed by atoms with E-state index in [1.807, 2.05) is 19.0 Å². The number of carbonyl (C=O) groups excluding carboxylic acids is 1. The van der Waals surface area contributed by atoms with Gasteiger partial charge in [-0.15, -0.1) is 6.42 Å². The van der Waals surface area contributed by atoms with Crippen LogP contribution in [0.15, 0.2) is 41.4 Å². The van der Waals surface area contributed by atoms with Gasteiger partial charge in [-0.3, -0.25) is 4.90 Å². The van der Waals surface area contributed by atoms with Gasteiger partial charge in [-0.2, -0.15) is 9.29 Å². The third kappa shape index (κ3) is 5.13. The molecule has 2 fully saturated rings. The van der Waals surface area contributed by atoms with Gasteiger partial charge >= 0.3 is 6.03 Å². The molecule has 1 aromatic carbocycles. The van der Waals surface area contributed by atoms with Crippen molar-refractivity contribution in [2.45, 2.75) is 36.1 Å². The van der Waals surface area contributed by atoms with Crippen LogP contribution in [-0.4, -0.2) is 84.9 Å². The maximum atomic E-state index is 12.9. The quantitative estimate of drug-likeness (QED) is 0.412. The van der Waals surface area contributed by atoms with Crippen LogP contribution in [0.5, 0.6) is 0 Å². The van der Waals surface area contributed by atoms with Gasteiger partial charge in [0.1, 0.15) is 5.82 Å². The first-order valence-corrected chi connectivity index (χ1v) is 14.3. The molecular weight excluding hydrogens is 516 g/mol. The van der Waals surface area contributed by atoms with Crippen molar-refractivity contribution in [3.8, 4) is 12.3 Å². The second kappa shape index (κ2) is 10.4. The zero-order valence-electron chi connectivity index (χ0n) is 22.3. The maximum absolute atomic E-state index is 12.9. The number of pyridine rings is 1. The van der Waals surface area contributed by atoms with Crippen molar-refractivity contribution in [2.75, 3.05) is 51.0 Å². The average Bonchev–Trinajstić information content (AvgIpc) is 3.52. The second-order valence-corrected chi connectivity index (χ2v) is 12.4. The fourth-order valence-corrected chi connectivity index (χ4v) is 6.33. The number of aromatic nitrogens is 3. The molecule has 204 valence electrons. The van der Waals surface area contributed by atoms with Gasteiger partial charge in [-0.1, -0.05) is 18.8 Å². The Labute approximate surface area is 228 Å². The topological polar surface area (TPSA) is 124 Å². The number of amides is 2. The third-order valence-electron chi connectivity index (χ3n) is 7.40. The summed E-state index contributed by atoms with van der Waals surface area (Å²) in [6.07, 6.45) is 11.3. The van der Waals surface area contributed by atoms with Gasteiger partial charge in [0, 0.05) is 44.1 Å². The minimum absolute atomic E-state index is 0.179. The van der Waals surface area contributed by atoms with Gasteiger partial charge in [-0.05, 0) is 57.3 Å². The Morgan fingerprint density at radius 2 is 1.85 bits per heavy atom. The Bertz CT molecular complexity index is 1540. The van der Waals surface area contributed by atoms with Gasteiger partial charge in [-0.25, -0.2) is 23.2 Å². The first-order valence-electron chi connectivity index (χ1n) is 12.8. The van der Waals surface area contributed by atoms with Crippen LogP contribution in [0.3, 0.4) is 0 Å². The third-order valence-corrected chi connectivity index (χ3v) is 9.27. The smallest absolute Gasteiger partial charge is 0.323 e. The number of nitrogens with zero attached hydrogens (tertiary/aromatic N) is 6. The molecule has 0 radical (unpaired) electrons. The lowest BCUT2D eigenvalue weighted by atomic mass is 9.97. The summed E-state index contributed by atoms with van der Waals surface area (Å²) >= 11 is 0. The van der Waals surface area contributed by atoms with Crippen LogP contribution in [0.4, 0.5) is 22.2 Å². The summed E-state index contributed by atoms with van der Waals surface area (Å²) in [5.41, 5.74) is 1.25. The Kier molecular flexibility index (Phi) is 7.15. The number of anilines is 3. The van der Waals surface area contributed by atoms with Gasteiger partial charge in [0.2, 0.25) is 16.0 Å². The highest BCUT2D eigenvalue weighted by molar-refractivity contribution is 7.89. The van der Waals surface area contributed by atoms with Crippen molar-refractivity contribution in [1.29, 1.82) is 0 Å². The first kappa shape index (κ1) is 26.8. The van der Waals surface area contributed by atoms with Crippen LogP contribution in [0.2, 0.25) is 0 Å². The first-order chi connectivity index (χ1) is 18.6. The molecule has 12 heteroatoms. The summed E-state index contributed by atoms with van der Waals surface area (Å²) in [4.78, 5) is 30.4. The molecule has 1 aliphatic carbocycles. The lowest BCUT2D eigenvalue weighted by Gasteiger charge is -2.32. The van der Waals surface area contributed by atoms with E-state index in [9.17, 15) is 13.2 Å². The molecule has 39 heavy (non-hydrogen) atoms. The van der Waals surface area contributed by atoms with Crippen molar-refractivity contribution >= 4 is 44.5 Å². The molecule has 1 saturated carbocycles. The highest BCUT2D eigenvalue weighted by Crippen LogP contribution is 2.40. The number of benzene rings is 1. The van der Waals surface area contributed by atoms with E-state index in [-0.39, 0.29) is 22.4 Å². The van der Waals surface area contributed by atoms with Crippen LogP contribution < -0.4 is 15.5 Å². The normalized spacial score (nSPS) is 16.8. The minimum atomic E-state index is -3.61. The van der Waals surface area contributed by atoms with E-state index in [1.54, 1.807) is 48.5 Å². The zero-order chi connectivity index (χ0) is 27.8. The lowest BCUT2D eigenvalue weighted by molar-refractivity contribution is 0.250. The summed E-state index contributed by atoms with van der Waals surface area (Å²) in [7, 11) is 1.76. The van der Waals surface area contributed by atoms with E-state index in [4.69, 9.17) is 11.4 Å². The average molecular weight is 549 g/mol. The molecule has 2 amide bonds. The van der Waals surface area contributed by atoms with Crippen molar-refractivity contribution < 1.29 is 13.2 Å². The van der Waals surface area contributed by atoms with Crippen LogP contribution >= 0.6 is 0 Å². The number of terminal acetylenes is 1. The number of rotatable bonds is 8.